The van der Waals surface area contributed by atoms with E-state index < -0.39 is 5.97 Å². The molecule has 2 heterocycles. The maximum Gasteiger partial charge on any atom is 0.356 e. The minimum Gasteiger partial charge on any atom is -0.453 e. The van der Waals surface area contributed by atoms with E-state index in [1.165, 1.54) is 0 Å². The van der Waals surface area contributed by atoms with Crippen LogP contribution in [0.2, 0.25) is 0 Å². The minimum atomic E-state index is -0.541. The molecule has 3 aromatic rings. The molecule has 0 radical (unpaired) electrons. The first-order chi connectivity index (χ1) is 10.5. The molecule has 22 heavy (non-hydrogen) atoms. The summed E-state index contributed by atoms with van der Waals surface area (Å²) in [6, 6.07) is 7.51. The summed E-state index contributed by atoms with van der Waals surface area (Å²) in [6.07, 6.45) is 0. The molecule has 0 saturated heterocycles. The Balaban J connectivity index is 1.80. The molecule has 112 valence electrons. The molecule has 0 bridgehead atoms. The molecule has 0 unspecified atom stereocenters. The number of carbonyl (C=O) groups is 1. The molecule has 0 spiro atoms. The van der Waals surface area contributed by atoms with E-state index in [-0.39, 0.29) is 24.3 Å². The Morgan fingerprint density at radius 1 is 1.18 bits per heavy atom. The predicted octanol–water partition coefficient (Wildman–Crippen LogP) is 1.64. The third-order valence-electron chi connectivity index (χ3n) is 2.90. The van der Waals surface area contributed by atoms with Crippen molar-refractivity contribution >= 4 is 44.7 Å². The van der Waals surface area contributed by atoms with Crippen LogP contribution in [0.1, 0.15) is 16.3 Å². The monoisotopic (exact) mass is 362 g/mol. The summed E-state index contributed by atoms with van der Waals surface area (Å²) in [7, 11) is 0. The summed E-state index contributed by atoms with van der Waals surface area (Å²) < 4.78 is 5.81. The second kappa shape index (κ2) is 5.60. The van der Waals surface area contributed by atoms with E-state index in [4.69, 9.17) is 16.2 Å². The van der Waals surface area contributed by atoms with E-state index >= 15 is 0 Å². The highest BCUT2D eigenvalue weighted by Gasteiger charge is 2.17. The normalized spacial score (nSPS) is 10.8. The Hall–Kier alpha value is -2.68. The molecule has 0 atom stereocenters. The summed E-state index contributed by atoms with van der Waals surface area (Å²) in [5.41, 5.74) is 12.1. The lowest BCUT2D eigenvalue weighted by atomic mass is 10.2. The van der Waals surface area contributed by atoms with Crippen LogP contribution >= 0.6 is 15.9 Å². The molecule has 0 aliphatic heterocycles. The number of nitrogen functional groups attached to an aromatic ring is 2. The molecule has 0 aliphatic carbocycles. The van der Waals surface area contributed by atoms with Gasteiger partial charge in [-0.05, 0) is 22.0 Å². The van der Waals surface area contributed by atoms with Crippen LogP contribution in [-0.4, -0.2) is 25.9 Å². The maximum atomic E-state index is 12.2. The Kier molecular flexibility index (Phi) is 3.63. The highest BCUT2D eigenvalue weighted by molar-refractivity contribution is 9.10. The van der Waals surface area contributed by atoms with Crippen molar-refractivity contribution in [3.05, 3.63) is 40.3 Å². The van der Waals surface area contributed by atoms with Crippen molar-refractivity contribution in [2.75, 3.05) is 11.5 Å². The summed E-state index contributed by atoms with van der Waals surface area (Å²) >= 11 is 3.39. The average molecular weight is 363 g/mol. The number of hydrogen-bond donors (Lipinski definition) is 3. The molecule has 0 aliphatic rings. The standard InChI is InChI=1S/C13H11BrN6O2/c14-9-6-3-1-2-4-7(6)17-10(9)11(21)22-5-8-18-12(15)20-13(16)19-8/h1-4,17H,5H2,(H4,15,16,18,19,20). The minimum absolute atomic E-state index is 0.0228. The van der Waals surface area contributed by atoms with Gasteiger partial charge in [-0.1, -0.05) is 18.2 Å². The van der Waals surface area contributed by atoms with Gasteiger partial charge < -0.3 is 21.2 Å². The zero-order chi connectivity index (χ0) is 15.7. The van der Waals surface area contributed by atoms with Gasteiger partial charge in [-0.25, -0.2) is 4.79 Å². The fourth-order valence-corrected chi connectivity index (χ4v) is 2.58. The molecule has 3 rings (SSSR count). The van der Waals surface area contributed by atoms with Crippen molar-refractivity contribution < 1.29 is 9.53 Å². The van der Waals surface area contributed by atoms with Crippen molar-refractivity contribution in [1.82, 2.24) is 19.9 Å². The first-order valence-corrected chi connectivity index (χ1v) is 7.03. The van der Waals surface area contributed by atoms with E-state index in [1.807, 2.05) is 24.3 Å². The van der Waals surface area contributed by atoms with E-state index in [0.29, 0.717) is 10.2 Å². The third-order valence-corrected chi connectivity index (χ3v) is 3.72. The summed E-state index contributed by atoms with van der Waals surface area (Å²) in [4.78, 5) is 26.5. The fraction of sp³-hybridized carbons (Fsp3) is 0.0769. The quantitative estimate of drug-likeness (QED) is 0.603. The lowest BCUT2D eigenvalue weighted by molar-refractivity contribution is 0.0455. The van der Waals surface area contributed by atoms with E-state index in [2.05, 4.69) is 35.9 Å². The van der Waals surface area contributed by atoms with Crippen LogP contribution in [-0.2, 0) is 11.3 Å². The molecule has 1 aromatic carbocycles. The van der Waals surface area contributed by atoms with Crippen LogP contribution in [0.25, 0.3) is 10.9 Å². The number of nitrogens with two attached hydrogens (primary N) is 2. The number of esters is 1. The summed E-state index contributed by atoms with van der Waals surface area (Å²) in [5, 5.41) is 0.892. The number of carbonyl (C=O) groups excluding carboxylic acids is 1. The van der Waals surface area contributed by atoms with Gasteiger partial charge in [-0.15, -0.1) is 0 Å². The summed E-state index contributed by atoms with van der Waals surface area (Å²) in [5.74, 6) is -0.401. The number of para-hydroxylation sites is 1. The molecule has 2 aromatic heterocycles. The van der Waals surface area contributed by atoms with Gasteiger partial charge in [0.1, 0.15) is 5.69 Å². The van der Waals surface area contributed by atoms with Crippen molar-refractivity contribution in [3.63, 3.8) is 0 Å². The first kappa shape index (κ1) is 14.3. The number of anilines is 2. The number of fused-ring (bicyclic) bond motifs is 1. The highest BCUT2D eigenvalue weighted by atomic mass is 79.9. The smallest absolute Gasteiger partial charge is 0.356 e. The fourth-order valence-electron chi connectivity index (χ4n) is 1.97. The number of nitrogens with zero attached hydrogens (tertiary/aromatic N) is 3. The van der Waals surface area contributed by atoms with Crippen molar-refractivity contribution in [3.8, 4) is 0 Å². The second-order valence-electron chi connectivity index (χ2n) is 4.40. The van der Waals surface area contributed by atoms with Crippen LogP contribution in [0, 0.1) is 0 Å². The van der Waals surface area contributed by atoms with Crippen LogP contribution in [0.3, 0.4) is 0 Å². The largest absolute Gasteiger partial charge is 0.453 e. The molecule has 5 N–H and O–H groups in total. The Labute approximate surface area is 133 Å². The maximum absolute atomic E-state index is 12.2. The van der Waals surface area contributed by atoms with Gasteiger partial charge in [0, 0.05) is 10.9 Å². The molecule has 8 nitrogen and oxygen atoms in total. The SMILES string of the molecule is Nc1nc(N)nc(COC(=O)c2[nH]c3ccccc3c2Br)n1. The summed E-state index contributed by atoms with van der Waals surface area (Å²) in [6.45, 7) is -0.155. The number of halogens is 1. The van der Waals surface area contributed by atoms with E-state index in [1.54, 1.807) is 0 Å². The Morgan fingerprint density at radius 2 is 1.86 bits per heavy atom. The highest BCUT2D eigenvalue weighted by Crippen LogP contribution is 2.28. The lowest BCUT2D eigenvalue weighted by Gasteiger charge is -2.04. The number of H-pyrrole nitrogens is 1. The van der Waals surface area contributed by atoms with Crippen LogP contribution in [0.4, 0.5) is 11.9 Å². The number of benzene rings is 1. The molecule has 0 fully saturated rings. The second-order valence-corrected chi connectivity index (χ2v) is 5.20. The first-order valence-electron chi connectivity index (χ1n) is 6.24. The third kappa shape index (κ3) is 2.70. The molecule has 9 heteroatoms. The number of ether oxygens (including phenoxy) is 1. The number of hydrogen-bond acceptors (Lipinski definition) is 7. The lowest BCUT2D eigenvalue weighted by Crippen LogP contribution is -2.11. The number of aromatic nitrogens is 4. The zero-order valence-corrected chi connectivity index (χ0v) is 12.8. The van der Waals surface area contributed by atoms with Crippen LogP contribution in [0.15, 0.2) is 28.7 Å². The van der Waals surface area contributed by atoms with Gasteiger partial charge in [0.2, 0.25) is 11.9 Å². The van der Waals surface area contributed by atoms with Crippen LogP contribution < -0.4 is 11.5 Å². The van der Waals surface area contributed by atoms with Gasteiger partial charge in [0.25, 0.3) is 0 Å². The van der Waals surface area contributed by atoms with Gasteiger partial charge in [-0.3, -0.25) is 0 Å². The zero-order valence-electron chi connectivity index (χ0n) is 11.2. The van der Waals surface area contributed by atoms with Crippen molar-refractivity contribution in [2.24, 2.45) is 0 Å². The Bertz CT molecular complexity index is 843. The van der Waals surface area contributed by atoms with Crippen LogP contribution in [0.5, 0.6) is 0 Å². The van der Waals surface area contributed by atoms with E-state index in [9.17, 15) is 4.79 Å². The van der Waals surface area contributed by atoms with Crippen molar-refractivity contribution in [1.29, 1.82) is 0 Å². The predicted molar refractivity (Wildman–Crippen MR) is 83.8 cm³/mol. The van der Waals surface area contributed by atoms with Gasteiger partial charge >= 0.3 is 5.97 Å². The number of aromatic amines is 1. The average Bonchev–Trinajstić information content (AvgIpc) is 2.82. The van der Waals surface area contributed by atoms with Gasteiger partial charge in [0.05, 0.1) is 4.47 Å². The molecular weight excluding hydrogens is 352 g/mol. The van der Waals surface area contributed by atoms with Crippen molar-refractivity contribution in [2.45, 2.75) is 6.61 Å². The van der Waals surface area contributed by atoms with Gasteiger partial charge in [-0.2, -0.15) is 15.0 Å². The molecule has 0 amide bonds. The topological polar surface area (TPSA) is 133 Å². The number of rotatable bonds is 3. The Morgan fingerprint density at radius 3 is 2.55 bits per heavy atom. The van der Waals surface area contributed by atoms with Gasteiger partial charge in [0.15, 0.2) is 12.4 Å². The molecular formula is C13H11BrN6O2. The number of nitrogens with one attached hydrogen (secondary N) is 1. The molecule has 0 saturated carbocycles. The van der Waals surface area contributed by atoms with E-state index in [0.717, 1.165) is 10.9 Å².